The van der Waals surface area contributed by atoms with Gasteiger partial charge >= 0.3 is 0 Å². The average Bonchev–Trinajstić information content (AvgIpc) is 3.28. The van der Waals surface area contributed by atoms with Crippen LogP contribution < -0.4 is 15.4 Å². The van der Waals surface area contributed by atoms with E-state index < -0.39 is 0 Å². The number of para-hydroxylation sites is 3. The van der Waals surface area contributed by atoms with E-state index in [0.717, 1.165) is 17.1 Å². The summed E-state index contributed by atoms with van der Waals surface area (Å²) in [6.45, 7) is 0.127. The number of carbonyl (C=O) groups is 1. The molecule has 4 rings (SSSR count). The lowest BCUT2D eigenvalue weighted by Gasteiger charge is -2.12. The van der Waals surface area contributed by atoms with E-state index in [-0.39, 0.29) is 12.5 Å². The standard InChI is InChI=1S/C23H20N4O2/c28-23(17-24-21-12-4-5-13-22(21)27-15-7-14-25-27)26-18-8-6-11-20(16-18)29-19-9-2-1-3-10-19/h1-16,24H,17H2,(H,26,28). The number of rotatable bonds is 7. The number of carbonyl (C=O) groups excluding carboxylic acids is 1. The van der Waals surface area contributed by atoms with E-state index in [9.17, 15) is 4.79 Å². The number of nitrogens with one attached hydrogen (secondary N) is 2. The van der Waals surface area contributed by atoms with Gasteiger partial charge in [0.15, 0.2) is 0 Å². The van der Waals surface area contributed by atoms with Crippen molar-refractivity contribution >= 4 is 17.3 Å². The Bertz CT molecular complexity index is 1080. The van der Waals surface area contributed by atoms with Crippen molar-refractivity contribution in [3.63, 3.8) is 0 Å². The van der Waals surface area contributed by atoms with Crippen molar-refractivity contribution in [2.45, 2.75) is 0 Å². The lowest BCUT2D eigenvalue weighted by atomic mass is 10.2. The van der Waals surface area contributed by atoms with Gasteiger partial charge in [-0.25, -0.2) is 4.68 Å². The van der Waals surface area contributed by atoms with Crippen LogP contribution in [0.2, 0.25) is 0 Å². The van der Waals surface area contributed by atoms with E-state index in [1.807, 2.05) is 85.1 Å². The third-order valence-electron chi connectivity index (χ3n) is 4.19. The molecular weight excluding hydrogens is 364 g/mol. The molecule has 0 fully saturated rings. The van der Waals surface area contributed by atoms with Crippen molar-refractivity contribution in [3.05, 3.63) is 97.3 Å². The van der Waals surface area contributed by atoms with Gasteiger partial charge in [-0.1, -0.05) is 36.4 Å². The van der Waals surface area contributed by atoms with Gasteiger partial charge in [0.25, 0.3) is 0 Å². The van der Waals surface area contributed by atoms with Gasteiger partial charge in [0.05, 0.1) is 17.9 Å². The molecule has 0 bridgehead atoms. The van der Waals surface area contributed by atoms with E-state index in [1.165, 1.54) is 0 Å². The maximum absolute atomic E-state index is 12.4. The minimum absolute atomic E-state index is 0.127. The van der Waals surface area contributed by atoms with Crippen LogP contribution in [0.5, 0.6) is 11.5 Å². The molecule has 1 amide bonds. The first-order chi connectivity index (χ1) is 14.3. The number of aromatic nitrogens is 2. The van der Waals surface area contributed by atoms with Gasteiger partial charge in [-0.05, 0) is 42.5 Å². The van der Waals surface area contributed by atoms with Gasteiger partial charge in [-0.3, -0.25) is 4.79 Å². The minimum atomic E-state index is -0.155. The Hall–Kier alpha value is -4.06. The van der Waals surface area contributed by atoms with Crippen molar-refractivity contribution in [1.29, 1.82) is 0 Å². The van der Waals surface area contributed by atoms with Gasteiger partial charge in [0.1, 0.15) is 11.5 Å². The SMILES string of the molecule is O=C(CNc1ccccc1-n1cccn1)Nc1cccc(Oc2ccccc2)c1. The summed E-state index contributed by atoms with van der Waals surface area (Å²) < 4.78 is 7.56. The van der Waals surface area contributed by atoms with E-state index in [4.69, 9.17) is 4.74 Å². The monoisotopic (exact) mass is 384 g/mol. The van der Waals surface area contributed by atoms with Gasteiger partial charge in [-0.15, -0.1) is 0 Å². The van der Waals surface area contributed by atoms with Crippen LogP contribution in [0.25, 0.3) is 5.69 Å². The number of hydrogen-bond donors (Lipinski definition) is 2. The second-order valence-corrected chi connectivity index (χ2v) is 6.31. The summed E-state index contributed by atoms with van der Waals surface area (Å²) in [4.78, 5) is 12.4. The number of ether oxygens (including phenoxy) is 1. The molecular formula is C23H20N4O2. The Kier molecular flexibility index (Phi) is 5.53. The summed E-state index contributed by atoms with van der Waals surface area (Å²) in [6, 6.07) is 26.4. The topological polar surface area (TPSA) is 68.2 Å². The fourth-order valence-corrected chi connectivity index (χ4v) is 2.88. The molecule has 2 N–H and O–H groups in total. The molecule has 6 nitrogen and oxygen atoms in total. The van der Waals surface area contributed by atoms with E-state index in [0.29, 0.717) is 11.4 Å². The highest BCUT2D eigenvalue weighted by molar-refractivity contribution is 5.94. The fourth-order valence-electron chi connectivity index (χ4n) is 2.88. The molecule has 29 heavy (non-hydrogen) atoms. The van der Waals surface area contributed by atoms with Crippen molar-refractivity contribution in [3.8, 4) is 17.2 Å². The van der Waals surface area contributed by atoms with Crippen molar-refractivity contribution < 1.29 is 9.53 Å². The van der Waals surface area contributed by atoms with Crippen molar-refractivity contribution in [2.75, 3.05) is 17.2 Å². The van der Waals surface area contributed by atoms with Crippen LogP contribution in [-0.2, 0) is 4.79 Å². The predicted molar refractivity (Wildman–Crippen MR) is 114 cm³/mol. The number of anilines is 2. The zero-order chi connectivity index (χ0) is 19.9. The maximum Gasteiger partial charge on any atom is 0.243 e. The molecule has 0 saturated heterocycles. The summed E-state index contributed by atoms with van der Waals surface area (Å²) in [5.41, 5.74) is 2.38. The van der Waals surface area contributed by atoms with Crippen LogP contribution in [0.15, 0.2) is 97.3 Å². The highest BCUT2D eigenvalue weighted by Gasteiger charge is 2.07. The summed E-state index contributed by atoms with van der Waals surface area (Å²) in [6.07, 6.45) is 3.58. The molecule has 3 aromatic carbocycles. The van der Waals surface area contributed by atoms with Crippen LogP contribution in [0.1, 0.15) is 0 Å². The molecule has 0 aliphatic carbocycles. The highest BCUT2D eigenvalue weighted by atomic mass is 16.5. The Morgan fingerprint density at radius 3 is 2.52 bits per heavy atom. The molecule has 144 valence electrons. The quantitative estimate of drug-likeness (QED) is 0.484. The largest absolute Gasteiger partial charge is 0.457 e. The first-order valence-corrected chi connectivity index (χ1v) is 9.24. The summed E-state index contributed by atoms with van der Waals surface area (Å²) >= 11 is 0. The second-order valence-electron chi connectivity index (χ2n) is 6.31. The van der Waals surface area contributed by atoms with Gasteiger partial charge in [0.2, 0.25) is 5.91 Å². The third-order valence-corrected chi connectivity index (χ3v) is 4.19. The number of benzene rings is 3. The lowest BCUT2D eigenvalue weighted by molar-refractivity contribution is -0.114. The van der Waals surface area contributed by atoms with E-state index >= 15 is 0 Å². The smallest absolute Gasteiger partial charge is 0.243 e. The van der Waals surface area contributed by atoms with Crippen LogP contribution in [0.4, 0.5) is 11.4 Å². The van der Waals surface area contributed by atoms with Crippen LogP contribution in [0.3, 0.4) is 0 Å². The van der Waals surface area contributed by atoms with Crippen LogP contribution >= 0.6 is 0 Å². The lowest BCUT2D eigenvalue weighted by Crippen LogP contribution is -2.22. The number of hydrogen-bond acceptors (Lipinski definition) is 4. The van der Waals surface area contributed by atoms with Crippen LogP contribution in [-0.4, -0.2) is 22.2 Å². The summed E-state index contributed by atoms with van der Waals surface area (Å²) in [5.74, 6) is 1.25. The molecule has 4 aromatic rings. The Morgan fingerprint density at radius 1 is 0.897 bits per heavy atom. The minimum Gasteiger partial charge on any atom is -0.457 e. The van der Waals surface area contributed by atoms with Gasteiger partial charge in [-0.2, -0.15) is 5.10 Å². The molecule has 0 aliphatic heterocycles. The first kappa shape index (κ1) is 18.3. The maximum atomic E-state index is 12.4. The molecule has 0 aliphatic rings. The Morgan fingerprint density at radius 2 is 1.69 bits per heavy atom. The van der Waals surface area contributed by atoms with Gasteiger partial charge < -0.3 is 15.4 Å². The Labute approximate surface area is 168 Å². The molecule has 1 heterocycles. The highest BCUT2D eigenvalue weighted by Crippen LogP contribution is 2.24. The molecule has 6 heteroatoms. The molecule has 0 atom stereocenters. The Balaban J connectivity index is 1.38. The molecule has 1 aromatic heterocycles. The van der Waals surface area contributed by atoms with E-state index in [2.05, 4.69) is 15.7 Å². The molecule has 0 spiro atoms. The second kappa shape index (κ2) is 8.75. The summed E-state index contributed by atoms with van der Waals surface area (Å²) in [7, 11) is 0. The first-order valence-electron chi connectivity index (χ1n) is 9.24. The normalized spacial score (nSPS) is 10.3. The van der Waals surface area contributed by atoms with Crippen molar-refractivity contribution in [2.24, 2.45) is 0 Å². The number of amides is 1. The fraction of sp³-hybridized carbons (Fsp3) is 0.0435. The van der Waals surface area contributed by atoms with Gasteiger partial charge in [0, 0.05) is 24.1 Å². The average molecular weight is 384 g/mol. The molecule has 0 radical (unpaired) electrons. The molecule has 0 saturated carbocycles. The predicted octanol–water partition coefficient (Wildman–Crippen LogP) is 4.72. The van der Waals surface area contributed by atoms with Crippen molar-refractivity contribution in [1.82, 2.24) is 9.78 Å². The zero-order valence-electron chi connectivity index (χ0n) is 15.7. The molecule has 0 unspecified atom stereocenters. The van der Waals surface area contributed by atoms with E-state index in [1.54, 1.807) is 16.9 Å². The zero-order valence-corrected chi connectivity index (χ0v) is 15.7. The number of nitrogens with zero attached hydrogens (tertiary/aromatic N) is 2. The summed E-state index contributed by atoms with van der Waals surface area (Å²) in [5, 5.41) is 10.3. The third kappa shape index (κ3) is 4.81. The van der Waals surface area contributed by atoms with Crippen LogP contribution in [0, 0.1) is 0 Å².